The van der Waals surface area contributed by atoms with E-state index in [1.807, 2.05) is 0 Å². The van der Waals surface area contributed by atoms with E-state index in [1.54, 1.807) is 18.2 Å². The van der Waals surface area contributed by atoms with Crippen LogP contribution in [0.15, 0.2) is 39.2 Å². The Kier molecular flexibility index (Phi) is 4.98. The summed E-state index contributed by atoms with van der Waals surface area (Å²) in [6, 6.07) is 4.86. The number of carbonyl (C=O) groups is 1. The number of hydrogen-bond donors (Lipinski definition) is 3. The Hall–Kier alpha value is -3.89. The maximum atomic E-state index is 12.4. The molecule has 2 heterocycles. The van der Waals surface area contributed by atoms with Crippen LogP contribution in [-0.2, 0) is 25.4 Å². The number of imidazole rings is 1. The number of nitrogens with one attached hydrogen (secondary N) is 2. The molecule has 0 spiro atoms. The number of aromatic nitrogens is 4. The molecule has 0 fully saturated rings. The van der Waals surface area contributed by atoms with E-state index in [1.165, 1.54) is 42.9 Å². The standard InChI is InChI=1S/C17H18N6O5/c1-21-15-13(16(26)22(2)17(21)27)23(9-18-15)8-12(24)20-19-7-10-5-4-6-11(28-3)14(10)25/h4-7,9H,8H2,1-3H3,(H2,19,20,24,25)/p+1. The highest BCUT2D eigenvalue weighted by Crippen LogP contribution is 2.27. The van der Waals surface area contributed by atoms with Crippen LogP contribution >= 0.6 is 0 Å². The van der Waals surface area contributed by atoms with E-state index in [2.05, 4.69) is 15.5 Å². The number of phenols is 1. The Morgan fingerprint density at radius 1 is 1.36 bits per heavy atom. The zero-order chi connectivity index (χ0) is 20.4. The largest absolute Gasteiger partial charge is 0.504 e. The SMILES string of the molecule is COc1cccc(/C=N/NC(=O)C[n+]2c[nH]c3c2c(=O)n(C)c(=O)n3C)c1O. The van der Waals surface area contributed by atoms with Crippen LogP contribution in [0.5, 0.6) is 11.5 Å². The van der Waals surface area contributed by atoms with Crippen molar-refractivity contribution < 1.29 is 19.2 Å². The summed E-state index contributed by atoms with van der Waals surface area (Å²) in [5, 5.41) is 13.8. The van der Waals surface area contributed by atoms with Crippen molar-refractivity contribution in [2.45, 2.75) is 6.54 Å². The molecule has 2 aromatic heterocycles. The van der Waals surface area contributed by atoms with Gasteiger partial charge in [-0.1, -0.05) is 6.07 Å². The highest BCUT2D eigenvalue weighted by molar-refractivity contribution is 5.86. The molecule has 11 heteroatoms. The van der Waals surface area contributed by atoms with E-state index in [0.717, 1.165) is 4.57 Å². The molecule has 28 heavy (non-hydrogen) atoms. The van der Waals surface area contributed by atoms with Crippen LogP contribution in [0.1, 0.15) is 5.56 Å². The molecule has 3 rings (SSSR count). The lowest BCUT2D eigenvalue weighted by Crippen LogP contribution is -2.46. The number of phenolic OH excluding ortho intramolecular Hbond substituents is 1. The first-order valence-corrected chi connectivity index (χ1v) is 8.19. The number of fused-ring (bicyclic) bond motifs is 1. The van der Waals surface area contributed by atoms with Gasteiger partial charge in [-0.2, -0.15) is 5.10 Å². The molecule has 0 radical (unpaired) electrons. The third kappa shape index (κ3) is 3.24. The summed E-state index contributed by atoms with van der Waals surface area (Å²) in [5.41, 5.74) is 2.20. The second-order valence-electron chi connectivity index (χ2n) is 6.00. The lowest BCUT2D eigenvalue weighted by molar-refractivity contribution is -0.659. The predicted octanol–water partition coefficient (Wildman–Crippen LogP) is -1.28. The molecular formula is C17H19N6O5+. The maximum Gasteiger partial charge on any atom is 0.333 e. The number of aryl methyl sites for hydroxylation is 1. The fraction of sp³-hybridized carbons (Fsp3) is 0.235. The van der Waals surface area contributed by atoms with Crippen LogP contribution < -0.4 is 26.0 Å². The predicted molar refractivity (Wildman–Crippen MR) is 99.4 cm³/mol. The van der Waals surface area contributed by atoms with Gasteiger partial charge in [0.1, 0.15) is 0 Å². The minimum absolute atomic E-state index is 0.0987. The second-order valence-corrected chi connectivity index (χ2v) is 6.00. The first kappa shape index (κ1) is 18.9. The third-order valence-corrected chi connectivity index (χ3v) is 4.24. The molecule has 1 aromatic carbocycles. The maximum absolute atomic E-state index is 12.4. The summed E-state index contributed by atoms with van der Waals surface area (Å²) >= 11 is 0. The van der Waals surface area contributed by atoms with Gasteiger partial charge in [0.2, 0.25) is 6.33 Å². The average molecular weight is 387 g/mol. The Balaban J connectivity index is 1.80. The molecule has 0 bridgehead atoms. The minimum atomic E-state index is -0.517. The van der Waals surface area contributed by atoms with Crippen LogP contribution in [0, 0.1) is 0 Å². The summed E-state index contributed by atoms with van der Waals surface area (Å²) in [6.07, 6.45) is 2.71. The van der Waals surface area contributed by atoms with Gasteiger partial charge in [0.25, 0.3) is 17.1 Å². The number of methoxy groups -OCH3 is 1. The van der Waals surface area contributed by atoms with E-state index in [0.29, 0.717) is 11.2 Å². The van der Waals surface area contributed by atoms with Crippen molar-refractivity contribution in [1.82, 2.24) is 19.5 Å². The van der Waals surface area contributed by atoms with Crippen LogP contribution in [0.25, 0.3) is 11.2 Å². The van der Waals surface area contributed by atoms with Crippen molar-refractivity contribution in [2.75, 3.05) is 7.11 Å². The number of hydrogen-bond acceptors (Lipinski definition) is 6. The van der Waals surface area contributed by atoms with Gasteiger partial charge >= 0.3 is 11.2 Å². The molecular weight excluding hydrogens is 368 g/mol. The van der Waals surface area contributed by atoms with Crippen LogP contribution in [0.3, 0.4) is 0 Å². The van der Waals surface area contributed by atoms with Gasteiger partial charge in [-0.3, -0.25) is 18.7 Å². The van der Waals surface area contributed by atoms with Gasteiger partial charge in [0.05, 0.1) is 13.3 Å². The van der Waals surface area contributed by atoms with Crippen LogP contribution in [0.2, 0.25) is 0 Å². The summed E-state index contributed by atoms with van der Waals surface area (Å²) in [5.74, 6) is -0.315. The number of ether oxygens (including phenoxy) is 1. The number of amides is 1. The summed E-state index contributed by atoms with van der Waals surface area (Å²) in [4.78, 5) is 39.3. The number of aromatic hydroxyl groups is 1. The van der Waals surface area contributed by atoms with Gasteiger partial charge in [0, 0.05) is 19.7 Å². The Labute approximate surface area is 158 Å². The van der Waals surface area contributed by atoms with E-state index in [-0.39, 0.29) is 23.6 Å². The lowest BCUT2D eigenvalue weighted by Gasteiger charge is -2.05. The first-order chi connectivity index (χ1) is 13.3. The van der Waals surface area contributed by atoms with Crippen molar-refractivity contribution in [3.05, 3.63) is 50.9 Å². The number of rotatable bonds is 5. The smallest absolute Gasteiger partial charge is 0.333 e. The third-order valence-electron chi connectivity index (χ3n) is 4.24. The minimum Gasteiger partial charge on any atom is -0.504 e. The molecule has 3 N–H and O–H groups in total. The quantitative estimate of drug-likeness (QED) is 0.285. The van der Waals surface area contributed by atoms with E-state index in [4.69, 9.17) is 4.74 Å². The number of H-pyrrole nitrogens is 1. The molecule has 3 aromatic rings. The molecule has 0 aliphatic rings. The zero-order valence-electron chi connectivity index (χ0n) is 15.5. The topological polar surface area (TPSA) is 135 Å². The first-order valence-electron chi connectivity index (χ1n) is 8.19. The van der Waals surface area contributed by atoms with Crippen molar-refractivity contribution in [3.63, 3.8) is 0 Å². The normalized spacial score (nSPS) is 11.2. The number of benzene rings is 1. The molecule has 0 atom stereocenters. The molecule has 11 nitrogen and oxygen atoms in total. The van der Waals surface area contributed by atoms with Crippen molar-refractivity contribution >= 4 is 23.3 Å². The fourth-order valence-electron chi connectivity index (χ4n) is 2.75. The van der Waals surface area contributed by atoms with Crippen molar-refractivity contribution in [1.29, 1.82) is 0 Å². The van der Waals surface area contributed by atoms with Crippen molar-refractivity contribution in [3.8, 4) is 11.5 Å². The summed E-state index contributed by atoms with van der Waals surface area (Å²) in [7, 11) is 4.32. The number of hydrazone groups is 1. The highest BCUT2D eigenvalue weighted by atomic mass is 16.5. The molecule has 146 valence electrons. The highest BCUT2D eigenvalue weighted by Gasteiger charge is 2.21. The molecule has 0 saturated heterocycles. The van der Waals surface area contributed by atoms with Gasteiger partial charge < -0.3 is 9.84 Å². The van der Waals surface area contributed by atoms with Crippen LogP contribution in [-0.4, -0.2) is 38.5 Å². The number of carbonyl (C=O) groups excluding carboxylic acids is 1. The van der Waals surface area contributed by atoms with Crippen molar-refractivity contribution in [2.24, 2.45) is 19.2 Å². The Morgan fingerprint density at radius 2 is 2.11 bits per heavy atom. The molecule has 0 aliphatic heterocycles. The molecule has 1 amide bonds. The Bertz CT molecular complexity index is 1200. The van der Waals surface area contributed by atoms with E-state index in [9.17, 15) is 19.5 Å². The van der Waals surface area contributed by atoms with E-state index >= 15 is 0 Å². The average Bonchev–Trinajstić information content (AvgIpc) is 3.09. The number of para-hydroxylation sites is 1. The van der Waals surface area contributed by atoms with Gasteiger partial charge in [-0.25, -0.2) is 19.8 Å². The van der Waals surface area contributed by atoms with Gasteiger partial charge in [-0.15, -0.1) is 0 Å². The summed E-state index contributed by atoms with van der Waals surface area (Å²) in [6.45, 7) is -0.200. The Morgan fingerprint density at radius 3 is 2.82 bits per heavy atom. The van der Waals surface area contributed by atoms with E-state index < -0.39 is 17.2 Å². The number of nitrogens with zero attached hydrogens (tertiary/aromatic N) is 4. The lowest BCUT2D eigenvalue weighted by atomic mass is 10.2. The van der Waals surface area contributed by atoms with Gasteiger partial charge in [-0.05, 0) is 12.1 Å². The second kappa shape index (κ2) is 7.39. The van der Waals surface area contributed by atoms with Gasteiger partial charge in [0.15, 0.2) is 18.0 Å². The number of aromatic amines is 1. The fourth-order valence-corrected chi connectivity index (χ4v) is 2.75. The monoisotopic (exact) mass is 387 g/mol. The zero-order valence-corrected chi connectivity index (χ0v) is 15.5. The van der Waals surface area contributed by atoms with Crippen LogP contribution in [0.4, 0.5) is 0 Å². The molecule has 0 saturated carbocycles. The summed E-state index contributed by atoms with van der Waals surface area (Å²) < 4.78 is 8.65. The molecule has 0 unspecified atom stereocenters. The molecule has 0 aliphatic carbocycles.